The molecule has 1 aliphatic rings. The van der Waals surface area contributed by atoms with Crippen LogP contribution in [0.4, 0.5) is 0 Å². The van der Waals surface area contributed by atoms with Gasteiger partial charge in [-0.15, -0.1) is 5.10 Å². The van der Waals surface area contributed by atoms with Gasteiger partial charge in [0.15, 0.2) is 0 Å². The molecule has 1 unspecified atom stereocenters. The molecule has 110 valence electrons. The van der Waals surface area contributed by atoms with Crippen molar-refractivity contribution in [1.29, 1.82) is 0 Å². The Morgan fingerprint density at radius 2 is 2.19 bits per heavy atom. The van der Waals surface area contributed by atoms with E-state index in [9.17, 15) is 14.7 Å². The summed E-state index contributed by atoms with van der Waals surface area (Å²) in [5.74, 6) is -0.854. The summed E-state index contributed by atoms with van der Waals surface area (Å²) in [6.45, 7) is 4.08. The van der Waals surface area contributed by atoms with Crippen LogP contribution in [0.3, 0.4) is 0 Å². The van der Waals surface area contributed by atoms with E-state index < -0.39 is 11.4 Å². The zero-order chi connectivity index (χ0) is 15.2. The first-order valence-corrected chi connectivity index (χ1v) is 6.61. The molecule has 1 saturated heterocycles. The fourth-order valence-electron chi connectivity index (χ4n) is 2.42. The molecule has 0 aliphatic carbocycles. The summed E-state index contributed by atoms with van der Waals surface area (Å²) in [6.07, 6.45) is 3.81. The average molecular weight is 289 g/mol. The third-order valence-electron chi connectivity index (χ3n) is 3.79. The quantitative estimate of drug-likeness (QED) is 0.857. The van der Waals surface area contributed by atoms with Gasteiger partial charge in [-0.25, -0.2) is 9.50 Å². The van der Waals surface area contributed by atoms with Crippen molar-refractivity contribution in [3.63, 3.8) is 0 Å². The fourth-order valence-corrected chi connectivity index (χ4v) is 2.42. The first-order chi connectivity index (χ1) is 9.89. The van der Waals surface area contributed by atoms with E-state index in [1.807, 2.05) is 6.92 Å². The minimum absolute atomic E-state index is 0.0442. The molecule has 1 atom stereocenters. The number of likely N-dealkylation sites (tertiary alicyclic amines) is 1. The minimum atomic E-state index is -0.899. The maximum atomic E-state index is 12.4. The highest BCUT2D eigenvalue weighted by atomic mass is 16.4. The molecule has 1 N–H and O–H groups in total. The highest BCUT2D eigenvalue weighted by Crippen LogP contribution is 2.30. The van der Waals surface area contributed by atoms with Crippen molar-refractivity contribution in [2.45, 2.75) is 20.3 Å². The van der Waals surface area contributed by atoms with Gasteiger partial charge in [0.2, 0.25) is 5.82 Å². The maximum Gasteiger partial charge on any atom is 0.311 e. The lowest BCUT2D eigenvalue weighted by molar-refractivity contribution is -0.147. The van der Waals surface area contributed by atoms with E-state index in [2.05, 4.69) is 15.1 Å². The Labute approximate surface area is 120 Å². The number of carboxylic acid groups (broad SMARTS) is 1. The largest absolute Gasteiger partial charge is 0.481 e. The summed E-state index contributed by atoms with van der Waals surface area (Å²) in [5, 5.41) is 13.3. The van der Waals surface area contributed by atoms with Gasteiger partial charge in [0, 0.05) is 25.5 Å². The number of aryl methyl sites for hydroxylation is 1. The second-order valence-electron chi connectivity index (χ2n) is 5.65. The number of carbonyl (C=O) groups is 2. The first-order valence-electron chi connectivity index (χ1n) is 6.61. The van der Waals surface area contributed by atoms with Crippen LogP contribution in [-0.4, -0.2) is 54.6 Å². The van der Waals surface area contributed by atoms with Crippen LogP contribution in [0.1, 0.15) is 29.5 Å². The van der Waals surface area contributed by atoms with Crippen LogP contribution >= 0.6 is 0 Å². The van der Waals surface area contributed by atoms with Gasteiger partial charge < -0.3 is 10.0 Å². The number of rotatable bonds is 2. The Balaban J connectivity index is 1.86. The second kappa shape index (κ2) is 4.51. The number of nitrogens with zero attached hydrogens (tertiary/aromatic N) is 5. The number of hydrogen-bond donors (Lipinski definition) is 1. The maximum absolute atomic E-state index is 12.4. The summed E-state index contributed by atoms with van der Waals surface area (Å²) >= 11 is 0. The summed E-state index contributed by atoms with van der Waals surface area (Å²) in [7, 11) is 0. The number of amides is 1. The predicted molar refractivity (Wildman–Crippen MR) is 71.8 cm³/mol. The Morgan fingerprint density at radius 3 is 2.86 bits per heavy atom. The molecule has 3 heterocycles. The molecular formula is C13H15N5O3. The lowest BCUT2D eigenvalue weighted by Crippen LogP contribution is -2.35. The number of fused-ring (bicyclic) bond motifs is 1. The van der Waals surface area contributed by atoms with Crippen molar-refractivity contribution < 1.29 is 14.7 Å². The molecule has 2 aromatic rings. The van der Waals surface area contributed by atoms with Gasteiger partial charge in [0.05, 0.1) is 5.41 Å². The second-order valence-corrected chi connectivity index (χ2v) is 5.65. The number of carbonyl (C=O) groups excluding carboxylic acids is 1. The van der Waals surface area contributed by atoms with Crippen molar-refractivity contribution in [2.24, 2.45) is 5.41 Å². The third kappa shape index (κ3) is 2.22. The lowest BCUT2D eigenvalue weighted by atomic mass is 9.90. The Bertz CT molecular complexity index is 740. The number of aliphatic carboxylic acids is 1. The van der Waals surface area contributed by atoms with Crippen molar-refractivity contribution >= 4 is 17.7 Å². The van der Waals surface area contributed by atoms with Crippen molar-refractivity contribution in [2.75, 3.05) is 13.1 Å². The Hall–Kier alpha value is -2.51. The van der Waals surface area contributed by atoms with E-state index in [0.29, 0.717) is 18.7 Å². The van der Waals surface area contributed by atoms with Crippen molar-refractivity contribution in [3.8, 4) is 0 Å². The van der Waals surface area contributed by atoms with E-state index in [0.717, 1.165) is 5.56 Å². The van der Waals surface area contributed by atoms with Crippen LogP contribution in [-0.2, 0) is 4.79 Å². The van der Waals surface area contributed by atoms with E-state index in [4.69, 9.17) is 0 Å². The molecule has 0 spiro atoms. The molecule has 0 radical (unpaired) electrons. The Kier molecular flexibility index (Phi) is 2.89. The average Bonchev–Trinajstić information content (AvgIpc) is 3.02. The smallest absolute Gasteiger partial charge is 0.311 e. The van der Waals surface area contributed by atoms with Crippen LogP contribution in [0, 0.1) is 12.3 Å². The number of aromatic nitrogens is 4. The summed E-state index contributed by atoms with van der Waals surface area (Å²) < 4.78 is 1.45. The minimum Gasteiger partial charge on any atom is -0.481 e. The molecule has 1 amide bonds. The van der Waals surface area contributed by atoms with E-state index in [1.165, 1.54) is 9.42 Å². The van der Waals surface area contributed by atoms with Gasteiger partial charge in [-0.05, 0) is 25.8 Å². The highest BCUT2D eigenvalue weighted by Gasteiger charge is 2.43. The van der Waals surface area contributed by atoms with Gasteiger partial charge in [-0.1, -0.05) is 0 Å². The van der Waals surface area contributed by atoms with Gasteiger partial charge in [-0.2, -0.15) is 4.98 Å². The molecule has 8 nitrogen and oxygen atoms in total. The molecule has 8 heteroatoms. The van der Waals surface area contributed by atoms with E-state index >= 15 is 0 Å². The molecule has 0 bridgehead atoms. The van der Waals surface area contributed by atoms with Gasteiger partial charge in [0.25, 0.3) is 11.7 Å². The van der Waals surface area contributed by atoms with Crippen LogP contribution < -0.4 is 0 Å². The molecule has 0 aromatic carbocycles. The molecule has 0 saturated carbocycles. The lowest BCUT2D eigenvalue weighted by Gasteiger charge is -2.18. The van der Waals surface area contributed by atoms with E-state index in [-0.39, 0.29) is 18.3 Å². The standard InChI is InChI=1S/C13H15N5O3/c1-8-5-14-12-15-9(16-18(12)6-8)10(19)17-4-3-13(2,7-17)11(20)21/h5-6H,3-4,7H2,1-2H3,(H,20,21). The number of carboxylic acids is 1. The normalized spacial score (nSPS) is 21.9. The number of hydrogen-bond acceptors (Lipinski definition) is 5. The van der Waals surface area contributed by atoms with E-state index in [1.54, 1.807) is 19.3 Å². The summed E-state index contributed by atoms with van der Waals surface area (Å²) in [6, 6.07) is 0. The predicted octanol–water partition coefficient (Wildman–Crippen LogP) is 0.370. The van der Waals surface area contributed by atoms with Crippen LogP contribution in [0.5, 0.6) is 0 Å². The molecule has 3 rings (SSSR count). The molecule has 2 aromatic heterocycles. The van der Waals surface area contributed by atoms with Gasteiger partial charge in [0.1, 0.15) is 0 Å². The molecule has 21 heavy (non-hydrogen) atoms. The molecular weight excluding hydrogens is 274 g/mol. The zero-order valence-corrected chi connectivity index (χ0v) is 11.8. The van der Waals surface area contributed by atoms with Crippen LogP contribution in [0.2, 0.25) is 0 Å². The summed E-state index contributed by atoms with van der Waals surface area (Å²) in [4.78, 5) is 33.3. The summed E-state index contributed by atoms with van der Waals surface area (Å²) in [5.41, 5.74) is 0.00921. The topological polar surface area (TPSA) is 101 Å². The monoisotopic (exact) mass is 289 g/mol. The zero-order valence-electron chi connectivity index (χ0n) is 11.8. The van der Waals surface area contributed by atoms with Gasteiger partial charge in [-0.3, -0.25) is 9.59 Å². The highest BCUT2D eigenvalue weighted by molar-refractivity contribution is 5.92. The SMILES string of the molecule is Cc1cnc2nc(C(=O)N3CCC(C)(C(=O)O)C3)nn2c1. The van der Waals surface area contributed by atoms with Crippen molar-refractivity contribution in [1.82, 2.24) is 24.5 Å². The molecule has 1 aliphatic heterocycles. The van der Waals surface area contributed by atoms with Gasteiger partial charge >= 0.3 is 5.97 Å². The Morgan fingerprint density at radius 1 is 1.43 bits per heavy atom. The van der Waals surface area contributed by atoms with Crippen molar-refractivity contribution in [3.05, 3.63) is 23.8 Å². The van der Waals surface area contributed by atoms with Crippen LogP contribution in [0.25, 0.3) is 5.78 Å². The first kappa shape index (κ1) is 13.5. The molecule has 1 fully saturated rings. The third-order valence-corrected chi connectivity index (χ3v) is 3.79. The van der Waals surface area contributed by atoms with Crippen LogP contribution in [0.15, 0.2) is 12.4 Å². The fraction of sp³-hybridized carbons (Fsp3) is 0.462.